The maximum Gasteiger partial charge on any atom is 0.235 e. The van der Waals surface area contributed by atoms with E-state index in [1.54, 1.807) is 16.6 Å². The number of sulfonamides is 1. The summed E-state index contributed by atoms with van der Waals surface area (Å²) in [7, 11) is -3.28. The van der Waals surface area contributed by atoms with E-state index >= 15 is 0 Å². The molecule has 6 nitrogen and oxygen atoms in total. The SMILES string of the molecule is CCCS(=O)(=O)N1CC2(CCN(c3cc(N)ccn3)CC2)c2ccccc21. The van der Waals surface area contributed by atoms with Gasteiger partial charge in [0.25, 0.3) is 0 Å². The van der Waals surface area contributed by atoms with Crippen LogP contribution in [0.4, 0.5) is 17.2 Å². The lowest BCUT2D eigenvalue weighted by atomic mass is 9.74. The van der Waals surface area contributed by atoms with E-state index in [4.69, 9.17) is 5.73 Å². The number of nitrogen functional groups attached to an aromatic ring is 1. The highest BCUT2D eigenvalue weighted by molar-refractivity contribution is 7.92. The quantitative estimate of drug-likeness (QED) is 0.874. The first-order valence-electron chi connectivity index (χ1n) is 9.52. The van der Waals surface area contributed by atoms with E-state index in [1.807, 2.05) is 31.2 Å². The molecule has 2 aliphatic heterocycles. The number of nitrogens with two attached hydrogens (primary N) is 1. The van der Waals surface area contributed by atoms with Gasteiger partial charge in [0.1, 0.15) is 5.82 Å². The van der Waals surface area contributed by atoms with Crippen molar-refractivity contribution in [3.05, 3.63) is 48.2 Å². The highest BCUT2D eigenvalue weighted by Crippen LogP contribution is 2.48. The van der Waals surface area contributed by atoms with E-state index in [9.17, 15) is 8.42 Å². The Morgan fingerprint density at radius 3 is 2.63 bits per heavy atom. The van der Waals surface area contributed by atoms with Crippen LogP contribution in [0.2, 0.25) is 0 Å². The van der Waals surface area contributed by atoms with Crippen molar-refractivity contribution in [3.8, 4) is 0 Å². The van der Waals surface area contributed by atoms with Crippen LogP contribution in [0.15, 0.2) is 42.6 Å². The zero-order valence-corrected chi connectivity index (χ0v) is 16.5. The highest BCUT2D eigenvalue weighted by Gasteiger charge is 2.47. The lowest BCUT2D eigenvalue weighted by Crippen LogP contribution is -2.46. The van der Waals surface area contributed by atoms with Crippen LogP contribution in [0.1, 0.15) is 31.7 Å². The molecule has 1 aromatic carbocycles. The summed E-state index contributed by atoms with van der Waals surface area (Å²) < 4.78 is 27.3. The van der Waals surface area contributed by atoms with Gasteiger partial charge in [0, 0.05) is 43.0 Å². The molecule has 144 valence electrons. The molecule has 4 rings (SSSR count). The molecule has 0 aliphatic carbocycles. The number of benzene rings is 1. The number of piperidine rings is 1. The van der Waals surface area contributed by atoms with Gasteiger partial charge in [-0.3, -0.25) is 4.31 Å². The minimum absolute atomic E-state index is 0.117. The lowest BCUT2D eigenvalue weighted by molar-refractivity contribution is 0.355. The number of para-hydroxylation sites is 1. The maximum atomic E-state index is 12.8. The predicted molar refractivity (Wildman–Crippen MR) is 110 cm³/mol. The Labute approximate surface area is 161 Å². The van der Waals surface area contributed by atoms with Gasteiger partial charge in [0.15, 0.2) is 0 Å². The van der Waals surface area contributed by atoms with Crippen molar-refractivity contribution in [2.24, 2.45) is 0 Å². The van der Waals surface area contributed by atoms with E-state index in [-0.39, 0.29) is 11.2 Å². The van der Waals surface area contributed by atoms with Gasteiger partial charge in [0.2, 0.25) is 10.0 Å². The van der Waals surface area contributed by atoms with Crippen LogP contribution in [0.5, 0.6) is 0 Å². The average molecular weight is 387 g/mol. The Morgan fingerprint density at radius 2 is 1.93 bits per heavy atom. The Balaban J connectivity index is 1.61. The van der Waals surface area contributed by atoms with Crippen molar-refractivity contribution in [1.82, 2.24) is 4.98 Å². The van der Waals surface area contributed by atoms with Gasteiger partial charge in [-0.25, -0.2) is 13.4 Å². The molecule has 3 heterocycles. The normalized spacial score (nSPS) is 18.7. The number of anilines is 3. The van der Waals surface area contributed by atoms with Crippen molar-refractivity contribution in [2.75, 3.05) is 40.3 Å². The molecule has 0 unspecified atom stereocenters. The number of hydrogen-bond donors (Lipinski definition) is 1. The predicted octanol–water partition coefficient (Wildman–Crippen LogP) is 2.76. The number of hydrogen-bond acceptors (Lipinski definition) is 5. The summed E-state index contributed by atoms with van der Waals surface area (Å²) in [5, 5.41) is 0. The summed E-state index contributed by atoms with van der Waals surface area (Å²) in [5.41, 5.74) is 8.53. The summed E-state index contributed by atoms with van der Waals surface area (Å²) in [6.07, 6.45) is 4.17. The summed E-state index contributed by atoms with van der Waals surface area (Å²) in [5.74, 6) is 1.09. The first kappa shape index (κ1) is 18.1. The molecule has 1 aromatic heterocycles. The van der Waals surface area contributed by atoms with Crippen LogP contribution in [-0.4, -0.2) is 38.8 Å². The Hall–Kier alpha value is -2.28. The molecule has 27 heavy (non-hydrogen) atoms. The van der Waals surface area contributed by atoms with E-state index in [0.29, 0.717) is 18.7 Å². The molecular formula is C20H26N4O2S. The largest absolute Gasteiger partial charge is 0.399 e. The maximum absolute atomic E-state index is 12.8. The van der Waals surface area contributed by atoms with Gasteiger partial charge >= 0.3 is 0 Å². The molecule has 7 heteroatoms. The number of nitrogens with zero attached hydrogens (tertiary/aromatic N) is 3. The molecule has 0 saturated carbocycles. The summed E-state index contributed by atoms with van der Waals surface area (Å²) in [4.78, 5) is 6.68. The van der Waals surface area contributed by atoms with Crippen molar-refractivity contribution < 1.29 is 8.42 Å². The van der Waals surface area contributed by atoms with Gasteiger partial charge in [-0.2, -0.15) is 0 Å². The molecule has 0 bridgehead atoms. The topological polar surface area (TPSA) is 79.5 Å². The van der Waals surface area contributed by atoms with E-state index in [1.165, 1.54) is 5.56 Å². The molecule has 0 radical (unpaired) electrons. The smallest absolute Gasteiger partial charge is 0.235 e. The van der Waals surface area contributed by atoms with Crippen LogP contribution < -0.4 is 14.9 Å². The molecule has 1 spiro atoms. The second-order valence-corrected chi connectivity index (χ2v) is 9.57. The molecule has 2 aliphatic rings. The molecule has 2 N–H and O–H groups in total. The summed E-state index contributed by atoms with van der Waals surface area (Å²) >= 11 is 0. The van der Waals surface area contributed by atoms with Crippen LogP contribution >= 0.6 is 0 Å². The van der Waals surface area contributed by atoms with Gasteiger partial charge < -0.3 is 10.6 Å². The van der Waals surface area contributed by atoms with E-state index in [2.05, 4.69) is 16.0 Å². The van der Waals surface area contributed by atoms with Crippen LogP contribution in [0.25, 0.3) is 0 Å². The third-order valence-electron chi connectivity index (χ3n) is 5.80. The summed E-state index contributed by atoms with van der Waals surface area (Å²) in [6.45, 7) is 4.14. The van der Waals surface area contributed by atoms with Crippen molar-refractivity contribution in [2.45, 2.75) is 31.6 Å². The summed E-state index contributed by atoms with van der Waals surface area (Å²) in [6, 6.07) is 11.7. The number of rotatable bonds is 4. The van der Waals surface area contributed by atoms with Crippen LogP contribution in [0.3, 0.4) is 0 Å². The van der Waals surface area contributed by atoms with Crippen LogP contribution in [0, 0.1) is 0 Å². The van der Waals surface area contributed by atoms with E-state index < -0.39 is 10.0 Å². The number of fused-ring (bicyclic) bond motifs is 2. The Bertz CT molecular complexity index is 937. The first-order chi connectivity index (χ1) is 13.0. The second kappa shape index (κ2) is 6.71. The fourth-order valence-electron chi connectivity index (χ4n) is 4.40. The average Bonchev–Trinajstić information content (AvgIpc) is 2.98. The number of pyridine rings is 1. The second-order valence-electron chi connectivity index (χ2n) is 7.55. The molecular weight excluding hydrogens is 360 g/mol. The van der Waals surface area contributed by atoms with Crippen LogP contribution in [-0.2, 0) is 15.4 Å². The Morgan fingerprint density at radius 1 is 1.19 bits per heavy atom. The zero-order valence-electron chi connectivity index (χ0n) is 15.6. The van der Waals surface area contributed by atoms with E-state index in [0.717, 1.165) is 37.4 Å². The standard InChI is InChI=1S/C20H26N4O2S/c1-2-13-27(25,26)24-15-20(17-5-3-4-6-18(17)24)8-11-23(12-9-20)19-14-16(21)7-10-22-19/h3-7,10,14H,2,8-9,11-13,15H2,1H3,(H2,21,22). The molecule has 1 saturated heterocycles. The van der Waals surface area contributed by atoms with Gasteiger partial charge in [-0.1, -0.05) is 25.1 Å². The number of aromatic nitrogens is 1. The highest BCUT2D eigenvalue weighted by atomic mass is 32.2. The molecule has 0 amide bonds. The molecule has 0 atom stereocenters. The van der Waals surface area contributed by atoms with Crippen molar-refractivity contribution in [1.29, 1.82) is 0 Å². The van der Waals surface area contributed by atoms with Gasteiger partial charge in [-0.05, 0) is 37.0 Å². The zero-order chi connectivity index (χ0) is 19.1. The van der Waals surface area contributed by atoms with Crippen molar-refractivity contribution in [3.63, 3.8) is 0 Å². The lowest BCUT2D eigenvalue weighted by Gasteiger charge is -2.40. The van der Waals surface area contributed by atoms with Crippen molar-refractivity contribution >= 4 is 27.2 Å². The third-order valence-corrected chi connectivity index (χ3v) is 7.72. The minimum atomic E-state index is -3.28. The first-order valence-corrected chi connectivity index (χ1v) is 11.1. The van der Waals surface area contributed by atoms with Gasteiger partial charge in [0.05, 0.1) is 11.4 Å². The fourth-order valence-corrected chi connectivity index (χ4v) is 6.04. The van der Waals surface area contributed by atoms with Gasteiger partial charge in [-0.15, -0.1) is 0 Å². The molecule has 1 fully saturated rings. The molecule has 2 aromatic rings. The monoisotopic (exact) mass is 386 g/mol. The fraction of sp³-hybridized carbons (Fsp3) is 0.450. The Kier molecular flexibility index (Phi) is 4.50. The minimum Gasteiger partial charge on any atom is -0.399 e. The third kappa shape index (κ3) is 3.14.